The van der Waals surface area contributed by atoms with Crippen molar-refractivity contribution >= 4 is 23.4 Å². The van der Waals surface area contributed by atoms with Gasteiger partial charge < -0.3 is 35.5 Å². The Morgan fingerprint density at radius 1 is 0.796 bits per heavy atom. The molecular weight excluding hydrogens is 646 g/mol. The van der Waals surface area contributed by atoms with Crippen LogP contribution in [0, 0.1) is 0 Å². The van der Waals surface area contributed by atoms with Crippen LogP contribution in [0.5, 0.6) is 17.4 Å². The molecule has 2 amide bonds. The average molecular weight is 686 g/mol. The Labute approximate surface area is 290 Å². The van der Waals surface area contributed by atoms with E-state index >= 15 is 0 Å². The molecule has 49 heavy (non-hydrogen) atoms. The van der Waals surface area contributed by atoms with Gasteiger partial charge in [0.1, 0.15) is 23.5 Å². The van der Waals surface area contributed by atoms with E-state index in [1.165, 1.54) is 6.33 Å². The lowest BCUT2D eigenvalue weighted by molar-refractivity contribution is -0.120. The zero-order chi connectivity index (χ0) is 34.3. The van der Waals surface area contributed by atoms with E-state index in [4.69, 9.17) is 30.8 Å². The number of nitrogens with zero attached hydrogens (tertiary/aromatic N) is 3. The maximum absolute atomic E-state index is 11.5. The molecule has 0 spiro atoms. The van der Waals surface area contributed by atoms with Crippen molar-refractivity contribution in [1.29, 1.82) is 0 Å². The van der Waals surface area contributed by atoms with Crippen LogP contribution in [0.3, 0.4) is 0 Å². The first-order valence-corrected chi connectivity index (χ1v) is 16.7. The van der Waals surface area contributed by atoms with Crippen LogP contribution < -0.4 is 35.5 Å². The smallest absolute Gasteiger partial charge is 0.220 e. The quantitative estimate of drug-likeness (QED) is 0.152. The molecule has 4 heterocycles. The second-order valence-electron chi connectivity index (χ2n) is 12.0. The molecule has 2 aliphatic rings. The van der Waals surface area contributed by atoms with Gasteiger partial charge >= 0.3 is 0 Å². The van der Waals surface area contributed by atoms with Crippen LogP contribution in [0.4, 0.5) is 0 Å². The number of aromatic nitrogens is 3. The monoisotopic (exact) mass is 685 g/mol. The fourth-order valence-electron chi connectivity index (χ4n) is 6.27. The van der Waals surface area contributed by atoms with Gasteiger partial charge in [-0.3, -0.25) is 9.59 Å². The Kier molecular flexibility index (Phi) is 10.9. The molecule has 2 atom stereocenters. The minimum Gasteiger partial charge on any atom is -0.496 e. The summed E-state index contributed by atoms with van der Waals surface area (Å²) in [6, 6.07) is 15.7. The van der Waals surface area contributed by atoms with Crippen LogP contribution in [0.15, 0.2) is 54.9 Å². The van der Waals surface area contributed by atoms with Gasteiger partial charge in [0.05, 0.1) is 32.0 Å². The topological polar surface area (TPSA) is 149 Å². The first-order valence-electron chi connectivity index (χ1n) is 16.3. The highest BCUT2D eigenvalue weighted by Gasteiger charge is 2.23. The van der Waals surface area contributed by atoms with Gasteiger partial charge in [0.2, 0.25) is 17.7 Å². The molecule has 2 aromatic heterocycles. The summed E-state index contributed by atoms with van der Waals surface area (Å²) in [6.07, 6.45) is 4.30. The molecule has 0 aliphatic carbocycles. The summed E-state index contributed by atoms with van der Waals surface area (Å²) in [5, 5.41) is 13.2. The highest BCUT2D eigenvalue weighted by atomic mass is 35.5. The van der Waals surface area contributed by atoms with E-state index in [9.17, 15) is 9.59 Å². The molecule has 13 heteroatoms. The standard InChI is InChI=1S/C36H40ClN7O5/c1-47-29-15-21(7-8-22(29)16-38-18-24-10-13-30(45)42-24)33-35(48-2)34(41-20-40-33)27-6-4-5-26(32(27)37)28-12-9-23(36(44-28)49-3)17-39-19-25-11-14-31(46)43-25/h4-9,12,15,20,24-25,38-39H,10-11,13-14,16-19H2,1-3H3,(H,42,45)(H,43,46)/t24-,25+/m1/s1. The summed E-state index contributed by atoms with van der Waals surface area (Å²) < 4.78 is 17.3. The first kappa shape index (κ1) is 34.1. The van der Waals surface area contributed by atoms with Crippen LogP contribution in [0.1, 0.15) is 36.8 Å². The molecule has 0 saturated carbocycles. The van der Waals surface area contributed by atoms with Crippen molar-refractivity contribution < 1.29 is 23.8 Å². The largest absolute Gasteiger partial charge is 0.496 e. The molecular formula is C36H40ClN7O5. The highest BCUT2D eigenvalue weighted by molar-refractivity contribution is 6.36. The van der Waals surface area contributed by atoms with E-state index in [0.29, 0.717) is 89.6 Å². The van der Waals surface area contributed by atoms with Crippen molar-refractivity contribution in [3.63, 3.8) is 0 Å². The maximum Gasteiger partial charge on any atom is 0.220 e. The van der Waals surface area contributed by atoms with E-state index in [-0.39, 0.29) is 23.9 Å². The minimum atomic E-state index is 0.0947. The molecule has 2 saturated heterocycles. The Morgan fingerprint density at radius 3 is 2.08 bits per heavy atom. The third-order valence-electron chi connectivity index (χ3n) is 8.81. The van der Waals surface area contributed by atoms with Crippen LogP contribution in [0.25, 0.3) is 33.8 Å². The fourth-order valence-corrected chi connectivity index (χ4v) is 6.58. The van der Waals surface area contributed by atoms with E-state index in [0.717, 1.165) is 29.5 Å². The van der Waals surface area contributed by atoms with Crippen LogP contribution >= 0.6 is 11.6 Å². The zero-order valence-corrected chi connectivity index (χ0v) is 28.5. The van der Waals surface area contributed by atoms with Gasteiger partial charge in [-0.2, -0.15) is 0 Å². The average Bonchev–Trinajstić information content (AvgIpc) is 3.74. The Balaban J connectivity index is 1.23. The summed E-state index contributed by atoms with van der Waals surface area (Å²) in [6.45, 7) is 2.48. The summed E-state index contributed by atoms with van der Waals surface area (Å²) >= 11 is 7.09. The lowest BCUT2D eigenvalue weighted by Gasteiger charge is -2.17. The highest BCUT2D eigenvalue weighted by Crippen LogP contribution is 2.42. The van der Waals surface area contributed by atoms with Gasteiger partial charge in [0.25, 0.3) is 0 Å². The van der Waals surface area contributed by atoms with Crippen molar-refractivity contribution in [2.75, 3.05) is 34.4 Å². The van der Waals surface area contributed by atoms with E-state index in [1.807, 2.05) is 48.5 Å². The molecule has 2 fully saturated rings. The Hall–Kier alpha value is -4.78. The number of hydrogen-bond acceptors (Lipinski definition) is 10. The van der Waals surface area contributed by atoms with Gasteiger partial charge in [0, 0.05) is 78.9 Å². The predicted octanol–water partition coefficient (Wildman–Crippen LogP) is 4.29. The second kappa shape index (κ2) is 15.6. The summed E-state index contributed by atoms with van der Waals surface area (Å²) in [7, 11) is 4.81. The van der Waals surface area contributed by atoms with Crippen LogP contribution in [-0.4, -0.2) is 73.3 Å². The van der Waals surface area contributed by atoms with Gasteiger partial charge in [-0.1, -0.05) is 48.0 Å². The Morgan fingerprint density at radius 2 is 1.45 bits per heavy atom. The van der Waals surface area contributed by atoms with Crippen molar-refractivity contribution in [1.82, 2.24) is 36.2 Å². The number of rotatable bonds is 14. The molecule has 0 radical (unpaired) electrons. The molecule has 256 valence electrons. The van der Waals surface area contributed by atoms with Crippen molar-refractivity contribution in [2.24, 2.45) is 0 Å². The number of methoxy groups -OCH3 is 3. The molecule has 4 N–H and O–H groups in total. The predicted molar refractivity (Wildman–Crippen MR) is 187 cm³/mol. The molecule has 0 bridgehead atoms. The van der Waals surface area contributed by atoms with Crippen molar-refractivity contribution in [3.05, 3.63) is 71.0 Å². The fraction of sp³-hybridized carbons (Fsp3) is 0.361. The second-order valence-corrected chi connectivity index (χ2v) is 12.4. The lowest BCUT2D eigenvalue weighted by atomic mass is 10.0. The van der Waals surface area contributed by atoms with E-state index in [1.54, 1.807) is 21.3 Å². The zero-order valence-electron chi connectivity index (χ0n) is 27.8. The maximum atomic E-state index is 11.5. The number of amides is 2. The number of pyridine rings is 1. The minimum absolute atomic E-state index is 0.0947. The van der Waals surface area contributed by atoms with E-state index in [2.05, 4.69) is 31.2 Å². The number of benzene rings is 2. The third kappa shape index (κ3) is 7.77. The number of hydrogen-bond donors (Lipinski definition) is 4. The molecule has 2 aromatic carbocycles. The van der Waals surface area contributed by atoms with Crippen LogP contribution in [-0.2, 0) is 22.7 Å². The molecule has 0 unspecified atom stereocenters. The number of halogens is 1. The molecule has 2 aliphatic heterocycles. The molecule has 6 rings (SSSR count). The summed E-state index contributed by atoms with van der Waals surface area (Å²) in [5.41, 5.74) is 5.82. The van der Waals surface area contributed by atoms with Gasteiger partial charge in [-0.05, 0) is 25.0 Å². The summed E-state index contributed by atoms with van der Waals surface area (Å²) in [4.78, 5) is 37.0. The van der Waals surface area contributed by atoms with Gasteiger partial charge in [-0.25, -0.2) is 15.0 Å². The first-order chi connectivity index (χ1) is 23.9. The normalized spacial score (nSPS) is 17.1. The van der Waals surface area contributed by atoms with Gasteiger partial charge in [0.15, 0.2) is 5.75 Å². The molecule has 4 aromatic rings. The molecule has 12 nitrogen and oxygen atoms in total. The summed E-state index contributed by atoms with van der Waals surface area (Å²) in [5.74, 6) is 1.85. The van der Waals surface area contributed by atoms with Crippen LogP contribution in [0.2, 0.25) is 5.02 Å². The number of carbonyl (C=O) groups excluding carboxylic acids is 2. The van der Waals surface area contributed by atoms with Crippen molar-refractivity contribution in [3.8, 4) is 51.2 Å². The van der Waals surface area contributed by atoms with Crippen molar-refractivity contribution in [2.45, 2.75) is 50.9 Å². The number of carbonyl (C=O) groups is 2. The Bertz CT molecular complexity index is 1840. The number of ether oxygens (including phenoxy) is 3. The SMILES string of the molecule is COc1cc(-c2ncnc(-c3cccc(-c4ccc(CNC[C@@H]5CCC(=O)N5)c(OC)n4)c3Cl)c2OC)ccc1CNC[C@H]1CCC(=O)N1. The lowest BCUT2D eigenvalue weighted by Crippen LogP contribution is -2.35. The van der Waals surface area contributed by atoms with Gasteiger partial charge in [-0.15, -0.1) is 0 Å². The number of nitrogens with one attached hydrogen (secondary N) is 4. The van der Waals surface area contributed by atoms with E-state index < -0.39 is 0 Å². The third-order valence-corrected chi connectivity index (χ3v) is 9.22.